The highest BCUT2D eigenvalue weighted by molar-refractivity contribution is 5.77. The summed E-state index contributed by atoms with van der Waals surface area (Å²) in [7, 11) is 2.03. The van der Waals surface area contributed by atoms with Crippen molar-refractivity contribution in [1.82, 2.24) is 10.2 Å². The van der Waals surface area contributed by atoms with Crippen molar-refractivity contribution < 1.29 is 5.11 Å². The SMILES string of the molecule is CN1CCc2c1ccc(-c1cc(N)n[nH]1)c2O. The lowest BCUT2D eigenvalue weighted by Gasteiger charge is -2.13. The molecule has 3 rings (SSSR count). The van der Waals surface area contributed by atoms with Gasteiger partial charge < -0.3 is 15.7 Å². The zero-order valence-corrected chi connectivity index (χ0v) is 9.57. The average Bonchev–Trinajstić information content (AvgIpc) is 2.87. The van der Waals surface area contributed by atoms with E-state index >= 15 is 0 Å². The molecule has 0 radical (unpaired) electrons. The molecule has 1 aromatic carbocycles. The van der Waals surface area contributed by atoms with Crippen LogP contribution in [0.15, 0.2) is 18.2 Å². The van der Waals surface area contributed by atoms with Crippen molar-refractivity contribution in [2.24, 2.45) is 0 Å². The smallest absolute Gasteiger partial charge is 0.145 e. The molecule has 1 aromatic heterocycles. The van der Waals surface area contributed by atoms with E-state index in [1.54, 1.807) is 6.07 Å². The molecule has 0 amide bonds. The fourth-order valence-electron chi connectivity index (χ4n) is 2.32. The van der Waals surface area contributed by atoms with E-state index < -0.39 is 0 Å². The monoisotopic (exact) mass is 230 g/mol. The second-order valence-corrected chi connectivity index (χ2v) is 4.34. The zero-order chi connectivity index (χ0) is 12.0. The van der Waals surface area contributed by atoms with Gasteiger partial charge in [0.2, 0.25) is 0 Å². The molecule has 0 fully saturated rings. The maximum absolute atomic E-state index is 10.3. The second kappa shape index (κ2) is 3.41. The minimum atomic E-state index is 0.329. The number of aromatic hydroxyl groups is 1. The lowest BCUT2D eigenvalue weighted by Crippen LogP contribution is -2.12. The van der Waals surface area contributed by atoms with Crippen molar-refractivity contribution >= 4 is 11.5 Å². The number of aromatic amines is 1. The Labute approximate surface area is 98.9 Å². The molecule has 2 aromatic rings. The summed E-state index contributed by atoms with van der Waals surface area (Å²) in [4.78, 5) is 2.14. The Kier molecular flexibility index (Phi) is 2.01. The van der Waals surface area contributed by atoms with Crippen LogP contribution < -0.4 is 10.6 Å². The summed E-state index contributed by atoms with van der Waals surface area (Å²) in [6, 6.07) is 5.64. The summed E-state index contributed by atoms with van der Waals surface area (Å²) >= 11 is 0. The van der Waals surface area contributed by atoms with Gasteiger partial charge in [-0.15, -0.1) is 0 Å². The summed E-state index contributed by atoms with van der Waals surface area (Å²) < 4.78 is 0. The number of rotatable bonds is 1. The number of nitrogens with zero attached hydrogens (tertiary/aromatic N) is 2. The maximum Gasteiger partial charge on any atom is 0.145 e. The highest BCUT2D eigenvalue weighted by atomic mass is 16.3. The molecule has 0 bridgehead atoms. The Morgan fingerprint density at radius 1 is 1.47 bits per heavy atom. The van der Waals surface area contributed by atoms with Gasteiger partial charge in [0.1, 0.15) is 11.6 Å². The van der Waals surface area contributed by atoms with Crippen LogP contribution in [0.2, 0.25) is 0 Å². The lowest BCUT2D eigenvalue weighted by molar-refractivity contribution is 0.472. The van der Waals surface area contributed by atoms with Gasteiger partial charge in [-0.3, -0.25) is 5.10 Å². The van der Waals surface area contributed by atoms with Gasteiger partial charge in [-0.05, 0) is 18.6 Å². The highest BCUT2D eigenvalue weighted by Gasteiger charge is 2.22. The first-order valence-electron chi connectivity index (χ1n) is 5.54. The number of nitrogens with two attached hydrogens (primary N) is 1. The Hall–Kier alpha value is -2.17. The third-order valence-electron chi connectivity index (χ3n) is 3.25. The van der Waals surface area contributed by atoms with Gasteiger partial charge >= 0.3 is 0 Å². The van der Waals surface area contributed by atoms with E-state index in [4.69, 9.17) is 5.73 Å². The van der Waals surface area contributed by atoms with E-state index in [9.17, 15) is 5.11 Å². The molecule has 2 heterocycles. The summed E-state index contributed by atoms with van der Waals surface area (Å²) in [6.45, 7) is 0.942. The van der Waals surface area contributed by atoms with Gasteiger partial charge in [0.05, 0.1) is 5.69 Å². The van der Waals surface area contributed by atoms with Gasteiger partial charge in [-0.25, -0.2) is 0 Å². The molecular formula is C12H14N4O. The highest BCUT2D eigenvalue weighted by Crippen LogP contribution is 2.40. The number of benzene rings is 1. The standard InChI is InChI=1S/C12H14N4O/c1-16-5-4-8-10(16)3-2-7(12(8)17)9-6-11(13)15-14-9/h2-3,6,17H,4-5H2,1H3,(H3,13,14,15). The first-order chi connectivity index (χ1) is 8.16. The molecule has 0 saturated carbocycles. The fourth-order valence-corrected chi connectivity index (χ4v) is 2.32. The largest absolute Gasteiger partial charge is 0.507 e. The van der Waals surface area contributed by atoms with Crippen LogP contribution in [0.5, 0.6) is 5.75 Å². The number of phenolic OH excluding ortho intramolecular Hbond substituents is 1. The van der Waals surface area contributed by atoms with Crippen molar-refractivity contribution in [2.75, 3.05) is 24.2 Å². The van der Waals surface area contributed by atoms with Crippen molar-refractivity contribution in [3.8, 4) is 17.0 Å². The van der Waals surface area contributed by atoms with E-state index in [0.717, 1.165) is 35.5 Å². The van der Waals surface area contributed by atoms with Crippen LogP contribution in [0.3, 0.4) is 0 Å². The predicted molar refractivity (Wildman–Crippen MR) is 67.1 cm³/mol. The van der Waals surface area contributed by atoms with E-state index in [1.807, 2.05) is 19.2 Å². The van der Waals surface area contributed by atoms with Gasteiger partial charge in [-0.2, -0.15) is 5.10 Å². The number of aromatic nitrogens is 2. The molecule has 1 aliphatic heterocycles. The summed E-state index contributed by atoms with van der Waals surface area (Å²) in [5.41, 5.74) is 9.16. The van der Waals surface area contributed by atoms with Crippen molar-refractivity contribution in [3.63, 3.8) is 0 Å². The molecule has 0 unspecified atom stereocenters. The quantitative estimate of drug-likeness (QED) is 0.691. The molecule has 88 valence electrons. The molecule has 0 saturated heterocycles. The number of hydrogen-bond acceptors (Lipinski definition) is 4. The van der Waals surface area contributed by atoms with Gasteiger partial charge in [0.15, 0.2) is 0 Å². The summed E-state index contributed by atoms with van der Waals surface area (Å²) in [5.74, 6) is 0.757. The zero-order valence-electron chi connectivity index (χ0n) is 9.57. The van der Waals surface area contributed by atoms with Crippen molar-refractivity contribution in [2.45, 2.75) is 6.42 Å². The van der Waals surface area contributed by atoms with Gasteiger partial charge in [0, 0.05) is 36.5 Å². The van der Waals surface area contributed by atoms with Gasteiger partial charge in [0.25, 0.3) is 0 Å². The fraction of sp³-hybridized carbons (Fsp3) is 0.250. The van der Waals surface area contributed by atoms with E-state index in [0.29, 0.717) is 11.6 Å². The number of hydrogen-bond donors (Lipinski definition) is 3. The Balaban J connectivity index is 2.14. The lowest BCUT2D eigenvalue weighted by atomic mass is 10.0. The van der Waals surface area contributed by atoms with Crippen LogP contribution in [0.25, 0.3) is 11.3 Å². The Bertz CT molecular complexity index is 576. The van der Waals surface area contributed by atoms with Gasteiger partial charge in [-0.1, -0.05) is 0 Å². The predicted octanol–water partition coefficient (Wildman–Crippen LogP) is 1.36. The second-order valence-electron chi connectivity index (χ2n) is 4.34. The molecule has 0 atom stereocenters. The van der Waals surface area contributed by atoms with E-state index in [2.05, 4.69) is 15.1 Å². The number of phenols is 1. The summed E-state index contributed by atoms with van der Waals surface area (Å²) in [5, 5.41) is 17.0. The summed E-state index contributed by atoms with van der Waals surface area (Å²) in [6.07, 6.45) is 0.870. The third kappa shape index (κ3) is 1.43. The molecule has 5 nitrogen and oxygen atoms in total. The Morgan fingerprint density at radius 3 is 3.00 bits per heavy atom. The molecule has 0 spiro atoms. The average molecular weight is 230 g/mol. The molecule has 1 aliphatic rings. The minimum Gasteiger partial charge on any atom is -0.507 e. The number of fused-ring (bicyclic) bond motifs is 1. The van der Waals surface area contributed by atoms with Crippen LogP contribution in [0.1, 0.15) is 5.56 Å². The van der Waals surface area contributed by atoms with E-state index in [1.165, 1.54) is 0 Å². The van der Waals surface area contributed by atoms with Crippen LogP contribution in [0, 0.1) is 0 Å². The van der Waals surface area contributed by atoms with Crippen molar-refractivity contribution in [1.29, 1.82) is 0 Å². The van der Waals surface area contributed by atoms with Crippen LogP contribution >= 0.6 is 0 Å². The number of H-pyrrole nitrogens is 1. The number of anilines is 2. The number of nitrogen functional groups attached to an aromatic ring is 1. The minimum absolute atomic E-state index is 0.329. The van der Waals surface area contributed by atoms with Crippen LogP contribution in [0.4, 0.5) is 11.5 Å². The third-order valence-corrected chi connectivity index (χ3v) is 3.25. The normalized spacial score (nSPS) is 14.1. The topological polar surface area (TPSA) is 78.2 Å². The Morgan fingerprint density at radius 2 is 2.29 bits per heavy atom. The van der Waals surface area contributed by atoms with Crippen LogP contribution in [-0.4, -0.2) is 28.9 Å². The molecule has 4 N–H and O–H groups in total. The number of nitrogens with one attached hydrogen (secondary N) is 1. The maximum atomic E-state index is 10.3. The van der Waals surface area contributed by atoms with E-state index in [-0.39, 0.29) is 0 Å². The first kappa shape index (κ1) is 10.0. The molecular weight excluding hydrogens is 216 g/mol. The first-order valence-corrected chi connectivity index (χ1v) is 5.54. The molecule has 5 heteroatoms. The molecule has 0 aliphatic carbocycles. The van der Waals surface area contributed by atoms with Crippen LogP contribution in [-0.2, 0) is 6.42 Å². The molecule has 17 heavy (non-hydrogen) atoms. The number of likely N-dealkylation sites (N-methyl/N-ethyl adjacent to an activating group) is 1. The van der Waals surface area contributed by atoms with Crippen molar-refractivity contribution in [3.05, 3.63) is 23.8 Å².